The van der Waals surface area contributed by atoms with E-state index in [0.717, 1.165) is 28.2 Å². The van der Waals surface area contributed by atoms with Crippen molar-refractivity contribution in [3.05, 3.63) is 47.4 Å². The number of hydrogen-bond donors (Lipinski definition) is 2. The van der Waals surface area contributed by atoms with Crippen LogP contribution in [0.25, 0.3) is 11.0 Å². The number of benzene rings is 1. The monoisotopic (exact) mass is 338 g/mol. The van der Waals surface area contributed by atoms with Crippen LogP contribution in [0.5, 0.6) is 0 Å². The number of H-pyrrole nitrogens is 1. The largest absolute Gasteiger partial charge is 0.462 e. The van der Waals surface area contributed by atoms with E-state index in [2.05, 4.69) is 20.3 Å². The molecule has 3 rings (SSSR count). The molecular weight excluding hydrogens is 316 g/mol. The molecule has 0 aliphatic heterocycles. The molecule has 0 saturated heterocycles. The van der Waals surface area contributed by atoms with Crippen molar-refractivity contribution in [3.8, 4) is 0 Å². The summed E-state index contributed by atoms with van der Waals surface area (Å²) in [4.78, 5) is 24.1. The molecule has 0 aliphatic carbocycles. The summed E-state index contributed by atoms with van der Waals surface area (Å²) in [6.45, 7) is 8.28. The minimum atomic E-state index is -0.304. The number of ether oxygens (including phenoxy) is 1. The highest BCUT2D eigenvalue weighted by atomic mass is 16.5. The van der Waals surface area contributed by atoms with Gasteiger partial charge in [0.1, 0.15) is 17.3 Å². The number of esters is 1. The SMILES string of the molecule is Cc1nc(Nc2ccc(C(=O)OCC(C)C)cc2)c2cc(C)[nH]c2n1. The molecule has 2 N–H and O–H groups in total. The highest BCUT2D eigenvalue weighted by Gasteiger charge is 2.11. The summed E-state index contributed by atoms with van der Waals surface area (Å²) in [7, 11) is 0. The van der Waals surface area contributed by atoms with Crippen molar-refractivity contribution in [1.82, 2.24) is 15.0 Å². The highest BCUT2D eigenvalue weighted by molar-refractivity contribution is 5.91. The van der Waals surface area contributed by atoms with Crippen molar-refractivity contribution >= 4 is 28.5 Å². The Hall–Kier alpha value is -2.89. The summed E-state index contributed by atoms with van der Waals surface area (Å²) < 4.78 is 5.24. The van der Waals surface area contributed by atoms with Gasteiger partial charge in [-0.1, -0.05) is 13.8 Å². The molecule has 0 bridgehead atoms. The lowest BCUT2D eigenvalue weighted by Crippen LogP contribution is -2.10. The molecule has 25 heavy (non-hydrogen) atoms. The molecule has 2 heterocycles. The van der Waals surface area contributed by atoms with E-state index in [-0.39, 0.29) is 5.97 Å². The van der Waals surface area contributed by atoms with E-state index < -0.39 is 0 Å². The van der Waals surface area contributed by atoms with Gasteiger partial charge in [0.15, 0.2) is 0 Å². The van der Waals surface area contributed by atoms with Gasteiger partial charge in [0, 0.05) is 11.4 Å². The first-order chi connectivity index (χ1) is 11.9. The minimum absolute atomic E-state index is 0.304. The molecule has 0 saturated carbocycles. The first kappa shape index (κ1) is 17.0. The van der Waals surface area contributed by atoms with Gasteiger partial charge in [-0.05, 0) is 50.1 Å². The van der Waals surface area contributed by atoms with E-state index in [9.17, 15) is 4.79 Å². The predicted molar refractivity (Wildman–Crippen MR) is 98.2 cm³/mol. The fraction of sp³-hybridized carbons (Fsp3) is 0.316. The van der Waals surface area contributed by atoms with Gasteiger partial charge in [-0.2, -0.15) is 0 Å². The number of aromatic amines is 1. The van der Waals surface area contributed by atoms with E-state index in [0.29, 0.717) is 23.9 Å². The number of fused-ring (bicyclic) bond motifs is 1. The molecule has 2 aromatic heterocycles. The van der Waals surface area contributed by atoms with Gasteiger partial charge < -0.3 is 15.0 Å². The number of aromatic nitrogens is 3. The smallest absolute Gasteiger partial charge is 0.338 e. The van der Waals surface area contributed by atoms with Crippen LogP contribution in [0.4, 0.5) is 11.5 Å². The Morgan fingerprint density at radius 2 is 1.92 bits per heavy atom. The number of rotatable bonds is 5. The lowest BCUT2D eigenvalue weighted by atomic mass is 10.2. The highest BCUT2D eigenvalue weighted by Crippen LogP contribution is 2.24. The van der Waals surface area contributed by atoms with Crippen LogP contribution in [0.15, 0.2) is 30.3 Å². The molecule has 0 fully saturated rings. The fourth-order valence-corrected chi connectivity index (χ4v) is 2.50. The van der Waals surface area contributed by atoms with E-state index in [1.165, 1.54) is 0 Å². The van der Waals surface area contributed by atoms with Gasteiger partial charge in [-0.25, -0.2) is 14.8 Å². The van der Waals surface area contributed by atoms with Crippen molar-refractivity contribution < 1.29 is 9.53 Å². The van der Waals surface area contributed by atoms with Crippen LogP contribution < -0.4 is 5.32 Å². The Morgan fingerprint density at radius 3 is 2.60 bits per heavy atom. The summed E-state index contributed by atoms with van der Waals surface area (Å²) in [5.74, 6) is 1.44. The minimum Gasteiger partial charge on any atom is -0.462 e. The molecule has 3 aromatic rings. The normalized spacial score (nSPS) is 11.1. The molecular formula is C19H22N4O2. The van der Waals surface area contributed by atoms with Crippen LogP contribution in [0, 0.1) is 19.8 Å². The summed E-state index contributed by atoms with van der Waals surface area (Å²) in [6.07, 6.45) is 0. The van der Waals surface area contributed by atoms with Crippen molar-refractivity contribution in [1.29, 1.82) is 0 Å². The van der Waals surface area contributed by atoms with Crippen LogP contribution in [0.2, 0.25) is 0 Å². The maximum atomic E-state index is 12.0. The van der Waals surface area contributed by atoms with Gasteiger partial charge in [-0.3, -0.25) is 0 Å². The number of carbonyl (C=O) groups excluding carboxylic acids is 1. The second-order valence-corrected chi connectivity index (χ2v) is 6.53. The lowest BCUT2D eigenvalue weighted by Gasteiger charge is -2.09. The van der Waals surface area contributed by atoms with Crippen LogP contribution in [0.3, 0.4) is 0 Å². The van der Waals surface area contributed by atoms with Crippen molar-refractivity contribution in [2.75, 3.05) is 11.9 Å². The third kappa shape index (κ3) is 3.96. The zero-order chi connectivity index (χ0) is 18.0. The number of aryl methyl sites for hydroxylation is 2. The molecule has 0 aliphatic rings. The Morgan fingerprint density at radius 1 is 1.20 bits per heavy atom. The van der Waals surface area contributed by atoms with Crippen LogP contribution in [0.1, 0.15) is 35.7 Å². The lowest BCUT2D eigenvalue weighted by molar-refractivity contribution is 0.0459. The maximum absolute atomic E-state index is 12.0. The van der Waals surface area contributed by atoms with Gasteiger partial charge in [-0.15, -0.1) is 0 Å². The van der Waals surface area contributed by atoms with E-state index in [1.807, 2.05) is 45.9 Å². The standard InChI is InChI=1S/C19H22N4O2/c1-11(2)10-25-19(24)14-5-7-15(8-6-14)23-18-16-9-12(3)20-17(16)21-13(4)22-18/h5-9,11H,10H2,1-4H3,(H2,20,21,22,23). The van der Waals surface area contributed by atoms with Crippen LogP contribution >= 0.6 is 0 Å². The average molecular weight is 338 g/mol. The third-order valence-corrected chi connectivity index (χ3v) is 3.66. The fourth-order valence-electron chi connectivity index (χ4n) is 2.50. The number of nitrogens with one attached hydrogen (secondary N) is 2. The summed E-state index contributed by atoms with van der Waals surface area (Å²) in [5.41, 5.74) is 3.22. The second kappa shape index (κ2) is 6.93. The number of hydrogen-bond acceptors (Lipinski definition) is 5. The van der Waals surface area contributed by atoms with Crippen LogP contribution in [-0.2, 0) is 4.74 Å². The Balaban J connectivity index is 1.79. The van der Waals surface area contributed by atoms with Gasteiger partial charge in [0.25, 0.3) is 0 Å². The molecule has 0 atom stereocenters. The molecule has 0 radical (unpaired) electrons. The second-order valence-electron chi connectivity index (χ2n) is 6.53. The van der Waals surface area contributed by atoms with Gasteiger partial charge >= 0.3 is 5.97 Å². The van der Waals surface area contributed by atoms with E-state index >= 15 is 0 Å². The summed E-state index contributed by atoms with van der Waals surface area (Å²) in [5, 5.41) is 4.23. The molecule has 0 unspecified atom stereocenters. The first-order valence-corrected chi connectivity index (χ1v) is 8.30. The number of anilines is 2. The third-order valence-electron chi connectivity index (χ3n) is 3.66. The summed E-state index contributed by atoms with van der Waals surface area (Å²) >= 11 is 0. The summed E-state index contributed by atoms with van der Waals surface area (Å²) in [6, 6.07) is 9.19. The predicted octanol–water partition coefficient (Wildman–Crippen LogP) is 4.13. The zero-order valence-electron chi connectivity index (χ0n) is 14.9. The van der Waals surface area contributed by atoms with Crippen LogP contribution in [-0.4, -0.2) is 27.5 Å². The molecule has 6 nitrogen and oxygen atoms in total. The first-order valence-electron chi connectivity index (χ1n) is 8.30. The molecule has 130 valence electrons. The molecule has 0 amide bonds. The maximum Gasteiger partial charge on any atom is 0.338 e. The topological polar surface area (TPSA) is 79.9 Å². The van der Waals surface area contributed by atoms with E-state index in [4.69, 9.17) is 4.74 Å². The quantitative estimate of drug-likeness (QED) is 0.684. The van der Waals surface area contributed by atoms with Crippen molar-refractivity contribution in [2.24, 2.45) is 5.92 Å². The van der Waals surface area contributed by atoms with E-state index in [1.54, 1.807) is 12.1 Å². The molecule has 6 heteroatoms. The van der Waals surface area contributed by atoms with Gasteiger partial charge in [0.2, 0.25) is 0 Å². The van der Waals surface area contributed by atoms with Crippen molar-refractivity contribution in [3.63, 3.8) is 0 Å². The van der Waals surface area contributed by atoms with Crippen molar-refractivity contribution in [2.45, 2.75) is 27.7 Å². The Kier molecular flexibility index (Phi) is 4.70. The Bertz CT molecular complexity index is 898. The number of carbonyl (C=O) groups is 1. The molecule has 1 aromatic carbocycles. The Labute approximate surface area is 146 Å². The molecule has 0 spiro atoms. The number of nitrogens with zero attached hydrogens (tertiary/aromatic N) is 2. The zero-order valence-corrected chi connectivity index (χ0v) is 14.9. The van der Waals surface area contributed by atoms with Gasteiger partial charge in [0.05, 0.1) is 17.6 Å². The average Bonchev–Trinajstić information content (AvgIpc) is 2.93.